The van der Waals surface area contributed by atoms with Crippen molar-refractivity contribution in [2.75, 3.05) is 5.32 Å². The van der Waals surface area contributed by atoms with Crippen LogP contribution in [0.25, 0.3) is 0 Å². The molecule has 15 heavy (non-hydrogen) atoms. The highest BCUT2D eigenvalue weighted by Gasteiger charge is 2.47. The normalized spacial score (nSPS) is 28.5. The van der Waals surface area contributed by atoms with E-state index in [0.29, 0.717) is 6.04 Å². The van der Waals surface area contributed by atoms with Gasteiger partial charge in [0.15, 0.2) is 0 Å². The molecule has 1 N–H and O–H groups in total. The molecule has 1 aromatic heterocycles. The first-order chi connectivity index (χ1) is 7.05. The maximum absolute atomic E-state index is 6.18. The first-order valence-corrected chi connectivity index (χ1v) is 5.91. The van der Waals surface area contributed by atoms with Gasteiger partial charge < -0.3 is 9.88 Å². The van der Waals surface area contributed by atoms with Gasteiger partial charge in [0.05, 0.1) is 0 Å². The number of alkyl halides is 1. The number of imidazole rings is 1. The highest BCUT2D eigenvalue weighted by molar-refractivity contribution is 6.21. The van der Waals surface area contributed by atoms with E-state index in [1.54, 1.807) is 0 Å². The Morgan fingerprint density at radius 1 is 1.67 bits per heavy atom. The van der Waals surface area contributed by atoms with E-state index in [2.05, 4.69) is 35.6 Å². The minimum Gasteiger partial charge on any atom is -0.352 e. The van der Waals surface area contributed by atoms with Crippen LogP contribution in [0.15, 0.2) is 12.4 Å². The Kier molecular flexibility index (Phi) is 2.67. The van der Waals surface area contributed by atoms with E-state index in [9.17, 15) is 0 Å². The molecule has 2 rings (SSSR count). The summed E-state index contributed by atoms with van der Waals surface area (Å²) in [4.78, 5) is 4.31. The molecular weight excluding hydrogens is 210 g/mol. The zero-order chi connectivity index (χ0) is 11.1. The fourth-order valence-electron chi connectivity index (χ4n) is 1.98. The molecule has 0 amide bonds. The molecule has 1 heterocycles. The molecule has 84 valence electrons. The molecule has 0 spiro atoms. The van der Waals surface area contributed by atoms with Crippen LogP contribution in [0.2, 0.25) is 0 Å². The van der Waals surface area contributed by atoms with Gasteiger partial charge in [-0.25, -0.2) is 4.98 Å². The van der Waals surface area contributed by atoms with Crippen molar-refractivity contribution in [3.8, 4) is 0 Å². The molecule has 0 aromatic carbocycles. The van der Waals surface area contributed by atoms with Crippen LogP contribution in [0.1, 0.15) is 27.2 Å². The van der Waals surface area contributed by atoms with Crippen LogP contribution < -0.4 is 5.32 Å². The third-order valence-corrected chi connectivity index (χ3v) is 4.25. The fraction of sp³-hybridized carbons (Fsp3) is 0.727. The van der Waals surface area contributed by atoms with Gasteiger partial charge in [-0.15, -0.1) is 11.6 Å². The second kappa shape index (κ2) is 3.71. The highest BCUT2D eigenvalue weighted by atomic mass is 35.5. The number of aryl methyl sites for hydroxylation is 1. The van der Waals surface area contributed by atoms with Crippen molar-refractivity contribution in [3.05, 3.63) is 12.4 Å². The maximum atomic E-state index is 6.18. The first kappa shape index (κ1) is 10.8. The number of nitrogens with zero attached hydrogens (tertiary/aromatic N) is 2. The number of aromatic nitrogens is 2. The molecule has 1 fully saturated rings. The van der Waals surface area contributed by atoms with Gasteiger partial charge in [0.2, 0.25) is 5.95 Å². The summed E-state index contributed by atoms with van der Waals surface area (Å²) in [6.45, 7) is 7.46. The quantitative estimate of drug-likeness (QED) is 0.805. The van der Waals surface area contributed by atoms with Gasteiger partial charge in [0, 0.05) is 35.8 Å². The third kappa shape index (κ3) is 1.73. The lowest BCUT2D eigenvalue weighted by atomic mass is 9.67. The summed E-state index contributed by atoms with van der Waals surface area (Å²) in [5.41, 5.74) is 0.159. The fourth-order valence-corrected chi connectivity index (χ4v) is 2.31. The number of rotatable bonds is 3. The van der Waals surface area contributed by atoms with Gasteiger partial charge in [-0.05, 0) is 13.3 Å². The van der Waals surface area contributed by atoms with Crippen molar-refractivity contribution >= 4 is 17.5 Å². The molecule has 0 saturated heterocycles. The van der Waals surface area contributed by atoms with Crippen molar-refractivity contribution < 1.29 is 0 Å². The van der Waals surface area contributed by atoms with E-state index in [-0.39, 0.29) is 10.8 Å². The summed E-state index contributed by atoms with van der Waals surface area (Å²) >= 11 is 6.18. The summed E-state index contributed by atoms with van der Waals surface area (Å²) in [5.74, 6) is 0.958. The molecule has 3 nitrogen and oxygen atoms in total. The van der Waals surface area contributed by atoms with Crippen LogP contribution >= 0.6 is 11.6 Å². The third-order valence-electron chi connectivity index (χ3n) is 3.51. The van der Waals surface area contributed by atoms with E-state index in [4.69, 9.17) is 11.6 Å². The minimum atomic E-state index is 0.159. The summed E-state index contributed by atoms with van der Waals surface area (Å²) in [5, 5.41) is 3.74. The Morgan fingerprint density at radius 3 is 2.93 bits per heavy atom. The van der Waals surface area contributed by atoms with Gasteiger partial charge in [0.25, 0.3) is 0 Å². The average Bonchev–Trinajstić information content (AvgIpc) is 2.65. The zero-order valence-corrected chi connectivity index (χ0v) is 10.3. The van der Waals surface area contributed by atoms with Crippen molar-refractivity contribution in [1.29, 1.82) is 0 Å². The van der Waals surface area contributed by atoms with Crippen molar-refractivity contribution in [1.82, 2.24) is 9.55 Å². The predicted molar refractivity (Wildman–Crippen MR) is 63.4 cm³/mol. The molecule has 2 unspecified atom stereocenters. The lowest BCUT2D eigenvalue weighted by Gasteiger charge is -2.49. The number of hydrogen-bond acceptors (Lipinski definition) is 2. The smallest absolute Gasteiger partial charge is 0.202 e. The van der Waals surface area contributed by atoms with Gasteiger partial charge in [0.1, 0.15) is 0 Å². The van der Waals surface area contributed by atoms with Gasteiger partial charge in [-0.3, -0.25) is 0 Å². The standard InChI is InChI=1S/C11H18ClN3/c1-4-15-6-5-13-10(15)14-9-7-8(12)11(9,2)3/h5-6,8-9H,4,7H2,1-3H3,(H,13,14). The van der Waals surface area contributed by atoms with E-state index in [1.165, 1.54) is 0 Å². The number of anilines is 1. The highest BCUT2D eigenvalue weighted by Crippen LogP contribution is 2.45. The van der Waals surface area contributed by atoms with E-state index < -0.39 is 0 Å². The Balaban J connectivity index is 2.05. The van der Waals surface area contributed by atoms with Crippen LogP contribution in [0.4, 0.5) is 5.95 Å². The maximum Gasteiger partial charge on any atom is 0.202 e. The van der Waals surface area contributed by atoms with Crippen LogP contribution in [-0.4, -0.2) is 21.0 Å². The lowest BCUT2D eigenvalue weighted by molar-refractivity contribution is 0.167. The summed E-state index contributed by atoms with van der Waals surface area (Å²) in [6.07, 6.45) is 4.84. The number of hydrogen-bond donors (Lipinski definition) is 1. The van der Waals surface area contributed by atoms with Crippen LogP contribution in [-0.2, 0) is 6.54 Å². The van der Waals surface area contributed by atoms with Gasteiger partial charge in [-0.1, -0.05) is 13.8 Å². The SMILES string of the molecule is CCn1ccnc1NC1CC(Cl)C1(C)C. The summed E-state index contributed by atoms with van der Waals surface area (Å²) < 4.78 is 2.11. The first-order valence-electron chi connectivity index (χ1n) is 5.47. The minimum absolute atomic E-state index is 0.159. The Morgan fingerprint density at radius 2 is 2.40 bits per heavy atom. The molecule has 0 radical (unpaired) electrons. The molecule has 1 aliphatic carbocycles. The summed E-state index contributed by atoms with van der Waals surface area (Å²) in [6, 6.07) is 0.438. The Labute approximate surface area is 95.8 Å². The zero-order valence-electron chi connectivity index (χ0n) is 9.50. The van der Waals surface area contributed by atoms with Crippen LogP contribution in [0.3, 0.4) is 0 Å². The number of nitrogens with one attached hydrogen (secondary N) is 1. The van der Waals surface area contributed by atoms with Crippen LogP contribution in [0, 0.1) is 5.41 Å². The second-order valence-corrected chi connectivity index (χ2v) is 5.29. The second-order valence-electron chi connectivity index (χ2n) is 4.76. The molecule has 0 aliphatic heterocycles. The number of halogens is 1. The molecule has 1 saturated carbocycles. The molecule has 4 heteroatoms. The van der Waals surface area contributed by atoms with Gasteiger partial charge >= 0.3 is 0 Å². The monoisotopic (exact) mass is 227 g/mol. The molecule has 0 bridgehead atoms. The van der Waals surface area contributed by atoms with Crippen LogP contribution in [0.5, 0.6) is 0 Å². The van der Waals surface area contributed by atoms with E-state index >= 15 is 0 Å². The van der Waals surface area contributed by atoms with Crippen molar-refractivity contribution in [3.63, 3.8) is 0 Å². The topological polar surface area (TPSA) is 29.9 Å². The van der Waals surface area contributed by atoms with Crippen molar-refractivity contribution in [2.24, 2.45) is 5.41 Å². The van der Waals surface area contributed by atoms with E-state index in [0.717, 1.165) is 18.9 Å². The average molecular weight is 228 g/mol. The molecule has 1 aromatic rings. The lowest BCUT2D eigenvalue weighted by Crippen LogP contribution is -2.54. The molecule has 1 aliphatic rings. The Bertz CT molecular complexity index is 345. The molecular formula is C11H18ClN3. The predicted octanol–water partition coefficient (Wildman–Crippen LogP) is 2.72. The van der Waals surface area contributed by atoms with Gasteiger partial charge in [-0.2, -0.15) is 0 Å². The molecule has 2 atom stereocenters. The Hall–Kier alpha value is -0.700. The van der Waals surface area contributed by atoms with Crippen molar-refractivity contribution in [2.45, 2.75) is 45.2 Å². The summed E-state index contributed by atoms with van der Waals surface area (Å²) in [7, 11) is 0. The van der Waals surface area contributed by atoms with E-state index in [1.807, 2.05) is 12.4 Å². The largest absolute Gasteiger partial charge is 0.352 e.